The molecule has 2 rings (SSSR count). The van der Waals surface area contributed by atoms with Gasteiger partial charge in [0.05, 0.1) is 19.3 Å². The molecule has 0 unspecified atom stereocenters. The summed E-state index contributed by atoms with van der Waals surface area (Å²) >= 11 is 0. The largest absolute Gasteiger partial charge is 0.465 e. The van der Waals surface area contributed by atoms with Gasteiger partial charge in [0.2, 0.25) is 0 Å². The Kier molecular flexibility index (Phi) is 9.68. The van der Waals surface area contributed by atoms with Crippen LogP contribution in [0.15, 0.2) is 59.5 Å². The Morgan fingerprint density at radius 1 is 0.968 bits per heavy atom. The van der Waals surface area contributed by atoms with Crippen LogP contribution in [0.25, 0.3) is 0 Å². The van der Waals surface area contributed by atoms with E-state index in [0.717, 1.165) is 19.1 Å². The average molecular weight is 449 g/mol. The number of aryl methyl sites for hydroxylation is 1. The van der Waals surface area contributed by atoms with E-state index in [1.165, 1.54) is 24.3 Å². The summed E-state index contributed by atoms with van der Waals surface area (Å²) in [5.74, 6) is -1.55. The van der Waals surface area contributed by atoms with E-state index in [-0.39, 0.29) is 23.5 Å². The van der Waals surface area contributed by atoms with Gasteiger partial charge in [-0.3, -0.25) is 4.18 Å². The highest BCUT2D eigenvalue weighted by Crippen LogP contribution is 2.22. The fourth-order valence-electron chi connectivity index (χ4n) is 2.92. The summed E-state index contributed by atoms with van der Waals surface area (Å²) in [6, 6.07) is 15.2. The number of rotatable bonds is 12. The first-order chi connectivity index (χ1) is 14.9. The van der Waals surface area contributed by atoms with Crippen LogP contribution in [0.5, 0.6) is 0 Å². The van der Waals surface area contributed by atoms with Crippen molar-refractivity contribution in [3.8, 4) is 0 Å². The summed E-state index contributed by atoms with van der Waals surface area (Å²) in [6.45, 7) is 2.14. The van der Waals surface area contributed by atoms with E-state index in [1.807, 2.05) is 37.3 Å². The fourth-order valence-corrected chi connectivity index (χ4v) is 4.17. The molecule has 0 saturated carbocycles. The minimum Gasteiger partial charge on any atom is -0.465 e. The molecule has 0 aromatic heterocycles. The van der Waals surface area contributed by atoms with Crippen LogP contribution < -0.4 is 0 Å². The van der Waals surface area contributed by atoms with Crippen molar-refractivity contribution in [3.05, 3.63) is 65.7 Å². The Morgan fingerprint density at radius 3 is 2.32 bits per heavy atom. The van der Waals surface area contributed by atoms with Gasteiger partial charge in [-0.15, -0.1) is 0 Å². The van der Waals surface area contributed by atoms with Crippen LogP contribution in [-0.4, -0.2) is 40.2 Å². The maximum Gasteiger partial charge on any atom is 0.339 e. The van der Waals surface area contributed by atoms with Crippen LogP contribution in [0.4, 0.5) is 0 Å². The minimum absolute atomic E-state index is 0.152. The van der Waals surface area contributed by atoms with Gasteiger partial charge in [0.15, 0.2) is 6.10 Å². The van der Waals surface area contributed by atoms with Gasteiger partial charge in [0.1, 0.15) is 4.90 Å². The number of hydrogen-bond donors (Lipinski definition) is 0. The van der Waals surface area contributed by atoms with Crippen molar-refractivity contribution in [2.45, 2.75) is 50.0 Å². The molecule has 0 amide bonds. The van der Waals surface area contributed by atoms with Crippen LogP contribution in [0, 0.1) is 0 Å². The second-order valence-electron chi connectivity index (χ2n) is 6.93. The standard InChI is InChI=1S/C23H28O7S/c1-3-4-17-29-23(25)20(15-10-13-18-11-6-5-7-12-18)30-31(26,27)21-16-9-8-14-19(21)22(24)28-2/h5-9,11-12,14,16,20H,3-4,10,13,15,17H2,1-2H3/t20-/m1/s1. The molecule has 0 aliphatic heterocycles. The fraction of sp³-hybridized carbons (Fsp3) is 0.391. The van der Waals surface area contributed by atoms with Crippen molar-refractivity contribution >= 4 is 22.1 Å². The Hall–Kier alpha value is -2.71. The van der Waals surface area contributed by atoms with Gasteiger partial charge in [0, 0.05) is 0 Å². The number of methoxy groups -OCH3 is 1. The molecule has 0 saturated heterocycles. The zero-order valence-electron chi connectivity index (χ0n) is 17.8. The van der Waals surface area contributed by atoms with E-state index < -0.39 is 28.2 Å². The maximum atomic E-state index is 12.9. The second kappa shape index (κ2) is 12.2. The maximum absolute atomic E-state index is 12.9. The normalized spacial score (nSPS) is 12.2. The molecule has 0 spiro atoms. The molecule has 0 bridgehead atoms. The van der Waals surface area contributed by atoms with E-state index in [1.54, 1.807) is 0 Å². The van der Waals surface area contributed by atoms with Gasteiger partial charge in [-0.2, -0.15) is 8.42 Å². The quantitative estimate of drug-likeness (QED) is 0.276. The van der Waals surface area contributed by atoms with Crippen molar-refractivity contribution in [2.75, 3.05) is 13.7 Å². The van der Waals surface area contributed by atoms with E-state index in [9.17, 15) is 18.0 Å². The molecule has 8 heteroatoms. The number of benzene rings is 2. The highest BCUT2D eigenvalue weighted by molar-refractivity contribution is 7.86. The monoisotopic (exact) mass is 448 g/mol. The summed E-state index contributed by atoms with van der Waals surface area (Å²) < 4.78 is 41.0. The van der Waals surface area contributed by atoms with E-state index >= 15 is 0 Å². The van der Waals surface area contributed by atoms with Crippen molar-refractivity contribution in [2.24, 2.45) is 0 Å². The first-order valence-electron chi connectivity index (χ1n) is 10.2. The molecule has 2 aromatic carbocycles. The lowest BCUT2D eigenvalue weighted by Crippen LogP contribution is -2.30. The van der Waals surface area contributed by atoms with Crippen LogP contribution in [0.1, 0.15) is 48.5 Å². The zero-order valence-corrected chi connectivity index (χ0v) is 18.6. The number of unbranched alkanes of at least 4 members (excludes halogenated alkanes) is 1. The van der Waals surface area contributed by atoms with Crippen LogP contribution >= 0.6 is 0 Å². The summed E-state index contributed by atoms with van der Waals surface area (Å²) in [5.41, 5.74) is 0.909. The zero-order chi connectivity index (χ0) is 22.7. The molecule has 0 N–H and O–H groups in total. The van der Waals surface area contributed by atoms with Crippen LogP contribution in [-0.2, 0) is 35.0 Å². The summed E-state index contributed by atoms with van der Waals surface area (Å²) in [7, 11) is -3.26. The first kappa shape index (κ1) is 24.6. The molecule has 7 nitrogen and oxygen atoms in total. The molecule has 0 aliphatic rings. The number of esters is 2. The summed E-state index contributed by atoms with van der Waals surface area (Å²) in [6.07, 6.45) is 1.52. The lowest BCUT2D eigenvalue weighted by atomic mass is 10.1. The second-order valence-corrected chi connectivity index (χ2v) is 8.47. The van der Waals surface area contributed by atoms with Crippen molar-refractivity contribution in [1.82, 2.24) is 0 Å². The average Bonchev–Trinajstić information content (AvgIpc) is 2.78. The predicted molar refractivity (Wildman–Crippen MR) is 115 cm³/mol. The Bertz CT molecular complexity index is 955. The number of carbonyl (C=O) groups excluding carboxylic acids is 2. The van der Waals surface area contributed by atoms with Crippen LogP contribution in [0.3, 0.4) is 0 Å². The third-order valence-corrected chi connectivity index (χ3v) is 5.96. The number of carbonyl (C=O) groups is 2. The molecule has 0 fully saturated rings. The van der Waals surface area contributed by atoms with Gasteiger partial charge in [0.25, 0.3) is 10.1 Å². The smallest absolute Gasteiger partial charge is 0.339 e. The highest BCUT2D eigenvalue weighted by Gasteiger charge is 2.31. The van der Waals surface area contributed by atoms with Crippen molar-refractivity contribution < 1.29 is 31.7 Å². The van der Waals surface area contributed by atoms with Gasteiger partial charge < -0.3 is 9.47 Å². The Morgan fingerprint density at radius 2 is 1.65 bits per heavy atom. The van der Waals surface area contributed by atoms with Crippen LogP contribution in [0.2, 0.25) is 0 Å². The van der Waals surface area contributed by atoms with Crippen molar-refractivity contribution in [1.29, 1.82) is 0 Å². The lowest BCUT2D eigenvalue weighted by molar-refractivity contribution is -0.152. The predicted octanol–water partition coefficient (Wildman–Crippen LogP) is 3.91. The molecule has 0 radical (unpaired) electrons. The Balaban J connectivity index is 2.18. The molecular weight excluding hydrogens is 420 g/mol. The van der Waals surface area contributed by atoms with Gasteiger partial charge in [-0.05, 0) is 43.4 Å². The SMILES string of the molecule is CCCCOC(=O)[C@@H](CCCc1ccccc1)OS(=O)(=O)c1ccccc1C(=O)OC. The third kappa shape index (κ3) is 7.48. The molecule has 168 valence electrons. The molecule has 0 aliphatic carbocycles. The summed E-state index contributed by atoms with van der Waals surface area (Å²) in [5, 5.41) is 0. The lowest BCUT2D eigenvalue weighted by Gasteiger charge is -2.17. The van der Waals surface area contributed by atoms with Gasteiger partial charge >= 0.3 is 11.9 Å². The molecule has 0 heterocycles. The molecule has 31 heavy (non-hydrogen) atoms. The molecular formula is C23H28O7S. The number of hydrogen-bond acceptors (Lipinski definition) is 7. The van der Waals surface area contributed by atoms with E-state index in [2.05, 4.69) is 4.74 Å². The minimum atomic E-state index is -4.42. The topological polar surface area (TPSA) is 96.0 Å². The Labute approximate surface area is 183 Å². The first-order valence-corrected chi connectivity index (χ1v) is 11.6. The van der Waals surface area contributed by atoms with E-state index in [0.29, 0.717) is 19.3 Å². The van der Waals surface area contributed by atoms with Gasteiger partial charge in [-0.1, -0.05) is 55.8 Å². The highest BCUT2D eigenvalue weighted by atomic mass is 32.2. The molecule has 2 aromatic rings. The van der Waals surface area contributed by atoms with E-state index in [4.69, 9.17) is 8.92 Å². The van der Waals surface area contributed by atoms with Gasteiger partial charge in [-0.25, -0.2) is 9.59 Å². The van der Waals surface area contributed by atoms with Crippen molar-refractivity contribution in [3.63, 3.8) is 0 Å². The third-order valence-electron chi connectivity index (χ3n) is 4.58. The number of ether oxygens (including phenoxy) is 2. The summed E-state index contributed by atoms with van der Waals surface area (Å²) in [4.78, 5) is 24.2. The molecule has 1 atom stereocenters.